The molecule has 2 heteroatoms. The molecule has 19 heavy (non-hydrogen) atoms. The Labute approximate surface area is 123 Å². The zero-order chi connectivity index (χ0) is 14.1. The van der Waals surface area contributed by atoms with Crippen LogP contribution in [0, 0.1) is 0 Å². The molecule has 1 unspecified atom stereocenters. The van der Waals surface area contributed by atoms with Crippen molar-refractivity contribution in [1.82, 2.24) is 4.90 Å². The molecule has 1 atom stereocenters. The Morgan fingerprint density at radius 2 is 1.37 bits per heavy atom. The SMILES string of the molecule is C=C(C[SiH](C)C)C(C)N1CCCCCCCCCC1. The molecule has 0 bridgehead atoms. The molecule has 1 saturated heterocycles. The quantitative estimate of drug-likeness (QED) is 0.526. The van der Waals surface area contributed by atoms with Gasteiger partial charge in [-0.15, -0.1) is 0 Å². The van der Waals surface area contributed by atoms with E-state index in [1.165, 1.54) is 76.1 Å². The van der Waals surface area contributed by atoms with Crippen LogP contribution in [-0.2, 0) is 0 Å². The largest absolute Gasteiger partial charge is 0.297 e. The van der Waals surface area contributed by atoms with Crippen molar-refractivity contribution >= 4 is 8.80 Å². The maximum Gasteiger partial charge on any atom is 0.0348 e. The lowest BCUT2D eigenvalue weighted by atomic mass is 10.1. The second-order valence-electron chi connectivity index (χ2n) is 6.80. The topological polar surface area (TPSA) is 3.24 Å². The highest BCUT2D eigenvalue weighted by Crippen LogP contribution is 2.19. The lowest BCUT2D eigenvalue weighted by Crippen LogP contribution is -2.36. The number of hydrogen-bond acceptors (Lipinski definition) is 1. The first-order chi connectivity index (χ1) is 9.11. The highest BCUT2D eigenvalue weighted by Gasteiger charge is 2.17. The molecule has 0 aliphatic carbocycles. The Balaban J connectivity index is 2.47. The molecule has 1 heterocycles. The van der Waals surface area contributed by atoms with Gasteiger partial charge in [0.25, 0.3) is 0 Å². The highest BCUT2D eigenvalue weighted by atomic mass is 28.3. The van der Waals surface area contributed by atoms with Gasteiger partial charge in [-0.2, -0.15) is 0 Å². The summed E-state index contributed by atoms with van der Waals surface area (Å²) >= 11 is 0. The maximum atomic E-state index is 4.38. The minimum atomic E-state index is -0.508. The standard InChI is InChI=1S/C17H35NSi/c1-16(15-19(3)4)17(2)18-13-11-9-7-5-6-8-10-12-14-18/h17,19H,1,5-15H2,2-4H3. The van der Waals surface area contributed by atoms with E-state index < -0.39 is 8.80 Å². The summed E-state index contributed by atoms with van der Waals surface area (Å²) in [5, 5.41) is 0. The van der Waals surface area contributed by atoms with Gasteiger partial charge in [-0.3, -0.25) is 4.90 Å². The van der Waals surface area contributed by atoms with Crippen LogP contribution >= 0.6 is 0 Å². The Morgan fingerprint density at radius 3 is 1.79 bits per heavy atom. The first kappa shape index (κ1) is 17.0. The van der Waals surface area contributed by atoms with Crippen molar-refractivity contribution in [2.75, 3.05) is 13.1 Å². The van der Waals surface area contributed by atoms with Crippen molar-refractivity contribution in [1.29, 1.82) is 0 Å². The summed E-state index contributed by atoms with van der Waals surface area (Å²) in [6.07, 6.45) is 11.4. The molecule has 0 N–H and O–H groups in total. The fourth-order valence-electron chi connectivity index (χ4n) is 3.14. The highest BCUT2D eigenvalue weighted by molar-refractivity contribution is 6.56. The number of nitrogens with zero attached hydrogens (tertiary/aromatic N) is 1. The monoisotopic (exact) mass is 281 g/mol. The van der Waals surface area contributed by atoms with Gasteiger partial charge in [0.05, 0.1) is 0 Å². The van der Waals surface area contributed by atoms with E-state index in [4.69, 9.17) is 0 Å². The van der Waals surface area contributed by atoms with Gasteiger partial charge >= 0.3 is 0 Å². The normalized spacial score (nSPS) is 21.9. The zero-order valence-electron chi connectivity index (χ0n) is 13.6. The van der Waals surface area contributed by atoms with Gasteiger partial charge in [-0.25, -0.2) is 0 Å². The lowest BCUT2D eigenvalue weighted by Gasteiger charge is -2.31. The predicted molar refractivity (Wildman–Crippen MR) is 90.8 cm³/mol. The third kappa shape index (κ3) is 7.31. The van der Waals surface area contributed by atoms with E-state index in [1.807, 2.05) is 0 Å². The average molecular weight is 282 g/mol. The third-order valence-electron chi connectivity index (χ3n) is 4.45. The summed E-state index contributed by atoms with van der Waals surface area (Å²) < 4.78 is 0. The van der Waals surface area contributed by atoms with E-state index in [9.17, 15) is 0 Å². The summed E-state index contributed by atoms with van der Waals surface area (Å²) in [6, 6.07) is 1.92. The Hall–Kier alpha value is -0.0831. The van der Waals surface area contributed by atoms with Gasteiger partial charge in [0, 0.05) is 14.8 Å². The van der Waals surface area contributed by atoms with E-state index in [1.54, 1.807) is 0 Å². The first-order valence-corrected chi connectivity index (χ1v) is 11.7. The zero-order valence-corrected chi connectivity index (χ0v) is 14.7. The van der Waals surface area contributed by atoms with Crippen molar-refractivity contribution in [3.63, 3.8) is 0 Å². The minimum Gasteiger partial charge on any atom is -0.297 e. The Morgan fingerprint density at radius 1 is 0.947 bits per heavy atom. The third-order valence-corrected chi connectivity index (χ3v) is 5.79. The second kappa shape index (κ2) is 9.76. The van der Waals surface area contributed by atoms with Gasteiger partial charge < -0.3 is 0 Å². The van der Waals surface area contributed by atoms with Gasteiger partial charge in [0.15, 0.2) is 0 Å². The molecule has 0 radical (unpaired) electrons. The second-order valence-corrected chi connectivity index (χ2v) is 9.99. The molecule has 1 fully saturated rings. The van der Waals surface area contributed by atoms with E-state index in [-0.39, 0.29) is 0 Å². The molecule has 1 nitrogen and oxygen atoms in total. The van der Waals surface area contributed by atoms with Gasteiger partial charge in [0.1, 0.15) is 0 Å². The molecule has 112 valence electrons. The van der Waals surface area contributed by atoms with Crippen LogP contribution in [0.2, 0.25) is 19.1 Å². The summed E-state index contributed by atoms with van der Waals surface area (Å²) in [5.41, 5.74) is 1.50. The Bertz CT molecular complexity index is 238. The summed E-state index contributed by atoms with van der Waals surface area (Å²) in [4.78, 5) is 2.71. The smallest absolute Gasteiger partial charge is 0.0348 e. The van der Waals surface area contributed by atoms with Crippen molar-refractivity contribution in [3.8, 4) is 0 Å². The van der Waals surface area contributed by atoms with Crippen molar-refractivity contribution in [2.24, 2.45) is 0 Å². The van der Waals surface area contributed by atoms with E-state index in [0.717, 1.165) is 0 Å². The van der Waals surface area contributed by atoms with Crippen LogP contribution in [0.3, 0.4) is 0 Å². The molecule has 0 saturated carbocycles. The van der Waals surface area contributed by atoms with Crippen LogP contribution < -0.4 is 0 Å². The summed E-state index contributed by atoms with van der Waals surface area (Å²) in [7, 11) is -0.508. The van der Waals surface area contributed by atoms with Crippen LogP contribution in [-0.4, -0.2) is 32.8 Å². The van der Waals surface area contributed by atoms with Crippen LogP contribution in [0.1, 0.15) is 58.3 Å². The van der Waals surface area contributed by atoms with E-state index >= 15 is 0 Å². The number of hydrogen-bond donors (Lipinski definition) is 0. The van der Waals surface area contributed by atoms with Crippen molar-refractivity contribution in [3.05, 3.63) is 12.2 Å². The molecule has 1 rings (SSSR count). The molecule has 1 aliphatic rings. The summed E-state index contributed by atoms with van der Waals surface area (Å²) in [6.45, 7) is 14.2. The van der Waals surface area contributed by atoms with Crippen molar-refractivity contribution in [2.45, 2.75) is 83.5 Å². The fourth-order valence-corrected chi connectivity index (χ4v) is 4.53. The van der Waals surface area contributed by atoms with Gasteiger partial charge in [0.2, 0.25) is 0 Å². The molecule has 0 aromatic carbocycles. The van der Waals surface area contributed by atoms with Gasteiger partial charge in [-0.05, 0) is 38.9 Å². The van der Waals surface area contributed by atoms with Crippen molar-refractivity contribution < 1.29 is 0 Å². The minimum absolute atomic E-state index is 0.508. The molecular formula is C17H35NSi. The summed E-state index contributed by atoms with van der Waals surface area (Å²) in [5.74, 6) is 0. The first-order valence-electron chi connectivity index (χ1n) is 8.53. The van der Waals surface area contributed by atoms with E-state index in [2.05, 4.69) is 31.5 Å². The lowest BCUT2D eigenvalue weighted by molar-refractivity contribution is 0.224. The molecule has 0 aromatic rings. The van der Waals surface area contributed by atoms with Crippen LogP contribution in [0.25, 0.3) is 0 Å². The average Bonchev–Trinajstić information content (AvgIpc) is 2.42. The Kier molecular flexibility index (Phi) is 8.72. The fraction of sp³-hybridized carbons (Fsp3) is 0.882. The molecule has 1 aliphatic heterocycles. The number of rotatable bonds is 4. The molecule has 0 aromatic heterocycles. The van der Waals surface area contributed by atoms with Crippen LogP contribution in [0.4, 0.5) is 0 Å². The predicted octanol–water partition coefficient (Wildman–Crippen LogP) is 4.85. The maximum absolute atomic E-state index is 4.38. The molecule has 0 spiro atoms. The van der Waals surface area contributed by atoms with Crippen LogP contribution in [0.15, 0.2) is 12.2 Å². The molecular weight excluding hydrogens is 246 g/mol. The van der Waals surface area contributed by atoms with E-state index in [0.29, 0.717) is 6.04 Å². The molecule has 0 amide bonds. The van der Waals surface area contributed by atoms with Gasteiger partial charge in [-0.1, -0.05) is 63.8 Å². The van der Waals surface area contributed by atoms with Crippen LogP contribution in [0.5, 0.6) is 0 Å².